The summed E-state index contributed by atoms with van der Waals surface area (Å²) in [6.07, 6.45) is 1.41. The highest BCUT2D eigenvalue weighted by Crippen LogP contribution is 2.29. The molecule has 0 unspecified atom stereocenters. The minimum atomic E-state index is -3.49. The Morgan fingerprint density at radius 1 is 1.00 bits per heavy atom. The van der Waals surface area contributed by atoms with E-state index in [1.54, 1.807) is 16.4 Å². The Labute approximate surface area is 198 Å². The van der Waals surface area contributed by atoms with Crippen LogP contribution in [0, 0.1) is 20.8 Å². The van der Waals surface area contributed by atoms with Crippen molar-refractivity contribution in [3.05, 3.63) is 64.7 Å². The number of nitrogens with zero attached hydrogens (tertiary/aromatic N) is 2. The number of piperidine rings is 1. The van der Waals surface area contributed by atoms with Gasteiger partial charge in [-0.2, -0.15) is 4.31 Å². The fourth-order valence-corrected chi connectivity index (χ4v) is 6.20. The molecule has 1 fully saturated rings. The number of hydrogen-bond donors (Lipinski definition) is 2. The van der Waals surface area contributed by atoms with Gasteiger partial charge in [0, 0.05) is 26.2 Å². The number of amidine groups is 1. The molecule has 174 valence electrons. The molecule has 8 heteroatoms. The fourth-order valence-electron chi connectivity index (χ4n) is 4.57. The molecule has 2 aromatic carbocycles. The van der Waals surface area contributed by atoms with Gasteiger partial charge in [0.05, 0.1) is 17.0 Å². The van der Waals surface area contributed by atoms with Crippen LogP contribution in [0.1, 0.15) is 35.1 Å². The zero-order chi connectivity index (χ0) is 22.1. The predicted molar refractivity (Wildman–Crippen MR) is 132 cm³/mol. The summed E-state index contributed by atoms with van der Waals surface area (Å²) in [6, 6.07) is 14.0. The highest BCUT2D eigenvalue weighted by molar-refractivity contribution is 7.89. The van der Waals surface area contributed by atoms with Crippen LogP contribution in [-0.2, 0) is 16.6 Å². The molecule has 2 aromatic rings. The molecule has 0 aliphatic carbocycles. The first-order chi connectivity index (χ1) is 14.8. The molecule has 1 saturated heterocycles. The molecule has 2 aliphatic heterocycles. The van der Waals surface area contributed by atoms with E-state index in [1.807, 2.05) is 19.9 Å². The van der Waals surface area contributed by atoms with Crippen molar-refractivity contribution in [3.63, 3.8) is 0 Å². The summed E-state index contributed by atoms with van der Waals surface area (Å²) in [7, 11) is -3.49. The van der Waals surface area contributed by atoms with E-state index in [1.165, 1.54) is 11.1 Å². The lowest BCUT2D eigenvalue weighted by Crippen LogP contribution is -2.64. The van der Waals surface area contributed by atoms with Gasteiger partial charge in [-0.25, -0.2) is 8.42 Å². The maximum atomic E-state index is 13.2. The van der Waals surface area contributed by atoms with E-state index in [9.17, 15) is 8.42 Å². The van der Waals surface area contributed by atoms with Crippen molar-refractivity contribution in [3.8, 4) is 0 Å². The number of rotatable bonds is 4. The quantitative estimate of drug-likeness (QED) is 0.709. The van der Waals surface area contributed by atoms with Crippen LogP contribution in [0.15, 0.2) is 52.4 Å². The van der Waals surface area contributed by atoms with E-state index in [4.69, 9.17) is 4.99 Å². The summed E-state index contributed by atoms with van der Waals surface area (Å²) in [5.74, 6) is 0.961. The van der Waals surface area contributed by atoms with E-state index >= 15 is 0 Å². The van der Waals surface area contributed by atoms with Gasteiger partial charge in [0.2, 0.25) is 10.0 Å². The average molecular weight is 477 g/mol. The first kappa shape index (κ1) is 24.7. The number of aliphatic imine (C=N–C) groups is 1. The van der Waals surface area contributed by atoms with E-state index in [-0.39, 0.29) is 17.9 Å². The van der Waals surface area contributed by atoms with Gasteiger partial charge in [-0.3, -0.25) is 4.99 Å². The van der Waals surface area contributed by atoms with Gasteiger partial charge in [0.15, 0.2) is 0 Å². The largest absolute Gasteiger partial charge is 0.368 e. The molecular weight excluding hydrogens is 444 g/mol. The van der Waals surface area contributed by atoms with Gasteiger partial charge in [0.1, 0.15) is 5.84 Å². The molecule has 2 N–H and O–H groups in total. The molecule has 6 nitrogen and oxygen atoms in total. The van der Waals surface area contributed by atoms with Crippen LogP contribution in [0.5, 0.6) is 0 Å². The van der Waals surface area contributed by atoms with Gasteiger partial charge < -0.3 is 10.6 Å². The SMILES string of the molecule is Cc1ccc(CNC2=NCCNC23CCN(S(=O)(=O)c2cc(C)cc(C)c2)CC3)cc1.Cl. The first-order valence-electron chi connectivity index (χ1n) is 11.0. The molecule has 2 aliphatic rings. The predicted octanol–water partition coefficient (Wildman–Crippen LogP) is 3.35. The molecular formula is C24H33ClN4O2S. The highest BCUT2D eigenvalue weighted by Gasteiger charge is 2.43. The van der Waals surface area contributed by atoms with Crippen molar-refractivity contribution in [1.82, 2.24) is 14.9 Å². The van der Waals surface area contributed by atoms with Crippen LogP contribution in [0.4, 0.5) is 0 Å². The molecule has 0 aromatic heterocycles. The van der Waals surface area contributed by atoms with Crippen molar-refractivity contribution < 1.29 is 8.42 Å². The van der Waals surface area contributed by atoms with Gasteiger partial charge >= 0.3 is 0 Å². The minimum Gasteiger partial charge on any atom is -0.368 e. The third kappa shape index (κ3) is 5.17. The van der Waals surface area contributed by atoms with Crippen LogP contribution in [-0.4, -0.2) is 50.3 Å². The number of nitrogens with one attached hydrogen (secondary N) is 2. The number of aryl methyl sites for hydroxylation is 3. The van der Waals surface area contributed by atoms with E-state index in [2.05, 4.69) is 41.8 Å². The fraction of sp³-hybridized carbons (Fsp3) is 0.458. The van der Waals surface area contributed by atoms with E-state index in [0.29, 0.717) is 37.4 Å². The summed E-state index contributed by atoms with van der Waals surface area (Å²) in [5, 5.41) is 7.18. The maximum absolute atomic E-state index is 13.2. The Morgan fingerprint density at radius 2 is 1.62 bits per heavy atom. The third-order valence-corrected chi connectivity index (χ3v) is 8.16. The zero-order valence-corrected chi connectivity index (χ0v) is 20.7. The Balaban J connectivity index is 0.00000289. The van der Waals surface area contributed by atoms with Crippen molar-refractivity contribution in [2.24, 2.45) is 4.99 Å². The van der Waals surface area contributed by atoms with Crippen molar-refractivity contribution in [1.29, 1.82) is 0 Å². The average Bonchev–Trinajstić information content (AvgIpc) is 2.74. The van der Waals surface area contributed by atoms with Crippen LogP contribution in [0.25, 0.3) is 0 Å². The number of hydrogen-bond acceptors (Lipinski definition) is 5. The molecule has 0 atom stereocenters. The van der Waals surface area contributed by atoms with Gasteiger partial charge in [0.25, 0.3) is 0 Å². The number of benzene rings is 2. The second kappa shape index (κ2) is 9.91. The summed E-state index contributed by atoms with van der Waals surface area (Å²) in [6.45, 7) is 9.19. The molecule has 0 bridgehead atoms. The standard InChI is InChI=1S/C24H32N4O2S.ClH/c1-18-4-6-21(7-5-18)17-26-23-24(27-11-10-25-23)8-12-28(13-9-24)31(29,30)22-15-19(2)14-20(3)16-22;/h4-7,14-16,27H,8-13,17H2,1-3H3,(H,25,26);1H. The summed E-state index contributed by atoms with van der Waals surface area (Å²) in [5.41, 5.74) is 4.11. The monoisotopic (exact) mass is 476 g/mol. The molecule has 0 saturated carbocycles. The lowest BCUT2D eigenvalue weighted by Gasteiger charge is -2.44. The summed E-state index contributed by atoms with van der Waals surface area (Å²) >= 11 is 0. The Kier molecular flexibility index (Phi) is 7.65. The van der Waals surface area contributed by atoms with E-state index < -0.39 is 10.0 Å². The van der Waals surface area contributed by atoms with Gasteiger partial charge in [-0.15, -0.1) is 12.4 Å². The van der Waals surface area contributed by atoms with Crippen molar-refractivity contribution in [2.45, 2.75) is 50.6 Å². The van der Waals surface area contributed by atoms with Crippen LogP contribution in [0.3, 0.4) is 0 Å². The third-order valence-electron chi connectivity index (χ3n) is 6.29. The highest BCUT2D eigenvalue weighted by atomic mass is 35.5. The minimum absolute atomic E-state index is 0. The Hall–Kier alpha value is -1.93. The van der Waals surface area contributed by atoms with E-state index in [0.717, 1.165) is 30.1 Å². The first-order valence-corrected chi connectivity index (χ1v) is 12.4. The van der Waals surface area contributed by atoms with Crippen molar-refractivity contribution >= 4 is 28.3 Å². The Morgan fingerprint density at radius 3 is 2.25 bits per heavy atom. The van der Waals surface area contributed by atoms with Crippen LogP contribution in [0.2, 0.25) is 0 Å². The van der Waals surface area contributed by atoms with Crippen LogP contribution < -0.4 is 10.6 Å². The van der Waals surface area contributed by atoms with Crippen molar-refractivity contribution in [2.75, 3.05) is 26.2 Å². The lowest BCUT2D eigenvalue weighted by atomic mass is 9.85. The van der Waals surface area contributed by atoms with Gasteiger partial charge in [-0.1, -0.05) is 35.9 Å². The topological polar surface area (TPSA) is 73.8 Å². The maximum Gasteiger partial charge on any atom is 0.243 e. The summed E-state index contributed by atoms with van der Waals surface area (Å²) < 4.78 is 28.1. The zero-order valence-electron chi connectivity index (χ0n) is 19.0. The normalized spacial score (nSPS) is 18.7. The summed E-state index contributed by atoms with van der Waals surface area (Å²) in [4.78, 5) is 5.18. The molecule has 0 radical (unpaired) electrons. The lowest BCUT2D eigenvalue weighted by molar-refractivity contribution is 0.241. The smallest absolute Gasteiger partial charge is 0.243 e. The molecule has 32 heavy (non-hydrogen) atoms. The molecule has 2 heterocycles. The second-order valence-electron chi connectivity index (χ2n) is 8.81. The molecule has 0 amide bonds. The van der Waals surface area contributed by atoms with Crippen LogP contribution >= 0.6 is 12.4 Å². The number of halogens is 1. The number of sulfonamides is 1. The second-order valence-corrected chi connectivity index (χ2v) is 10.7. The molecule has 1 spiro atoms. The van der Waals surface area contributed by atoms with Gasteiger partial charge in [-0.05, 0) is 62.4 Å². The Bertz CT molecular complexity index is 1060. The molecule has 4 rings (SSSR count).